The van der Waals surface area contributed by atoms with Crippen LogP contribution in [0.5, 0.6) is 0 Å². The van der Waals surface area contributed by atoms with Gasteiger partial charge in [-0.2, -0.15) is 0 Å². The third-order valence-electron chi connectivity index (χ3n) is 4.50. The van der Waals surface area contributed by atoms with Crippen LogP contribution < -0.4 is 0 Å². The first-order valence-electron chi connectivity index (χ1n) is 7.42. The molecule has 2 heterocycles. The number of fused-ring (bicyclic) bond motifs is 1. The number of ether oxygens (including phenoxy) is 1. The topological polar surface area (TPSA) is 89.8 Å². The number of carbonyl (C=O) groups is 2. The Labute approximate surface area is 161 Å². The van der Waals surface area contributed by atoms with Gasteiger partial charge < -0.3 is 9.64 Å². The number of nitro groups is 1. The fourth-order valence-corrected chi connectivity index (χ4v) is 5.98. The van der Waals surface area contributed by atoms with E-state index in [0.717, 1.165) is 0 Å². The van der Waals surface area contributed by atoms with Crippen LogP contribution in [0.4, 0.5) is 5.69 Å². The Hall–Kier alpha value is -1.32. The number of hydrogen-bond donors (Lipinski definition) is 0. The van der Waals surface area contributed by atoms with E-state index >= 15 is 0 Å². The minimum Gasteiger partial charge on any atom is -0.459 e. The van der Waals surface area contributed by atoms with Crippen molar-refractivity contribution in [2.24, 2.45) is 0 Å². The zero-order valence-corrected chi connectivity index (χ0v) is 16.2. The lowest BCUT2D eigenvalue weighted by Crippen LogP contribution is -2.70. The Bertz CT molecular complexity index is 733. The predicted octanol–water partition coefficient (Wildman–Crippen LogP) is 2.68. The third kappa shape index (κ3) is 2.82. The predicted molar refractivity (Wildman–Crippen MR) is 96.7 cm³/mol. The standard InChI is InChI=1S/C15H14BrClN2O5S/c1-8-15(7-17,18-12(20)11(16)13(18)25-8)14(21)24-6-9-2-4-10(5-3-9)19(22)23/h2-5,8,11,13H,6-7H2,1H3. The molecule has 0 N–H and O–H groups in total. The van der Waals surface area contributed by atoms with Crippen LogP contribution in [0, 0.1) is 10.1 Å². The highest BCUT2D eigenvalue weighted by Gasteiger charge is 2.67. The minimum atomic E-state index is -1.20. The lowest BCUT2D eigenvalue weighted by molar-refractivity contribution is -0.384. The van der Waals surface area contributed by atoms with Crippen LogP contribution in [0.15, 0.2) is 24.3 Å². The van der Waals surface area contributed by atoms with E-state index in [4.69, 9.17) is 16.3 Å². The van der Waals surface area contributed by atoms with Crippen LogP contribution in [0.25, 0.3) is 0 Å². The van der Waals surface area contributed by atoms with Crippen LogP contribution in [0.2, 0.25) is 0 Å². The van der Waals surface area contributed by atoms with Gasteiger partial charge in [0.2, 0.25) is 5.91 Å². The molecule has 4 atom stereocenters. The van der Waals surface area contributed by atoms with Crippen LogP contribution >= 0.6 is 39.3 Å². The molecule has 0 radical (unpaired) electrons. The Morgan fingerprint density at radius 1 is 1.48 bits per heavy atom. The van der Waals surface area contributed by atoms with E-state index in [0.29, 0.717) is 5.56 Å². The molecule has 2 aliphatic heterocycles. The summed E-state index contributed by atoms with van der Waals surface area (Å²) < 4.78 is 5.40. The second-order valence-corrected chi connectivity index (χ2v) is 8.55. The molecule has 7 nitrogen and oxygen atoms in total. The molecule has 0 bridgehead atoms. The van der Waals surface area contributed by atoms with Crippen LogP contribution in [-0.2, 0) is 20.9 Å². The number of nitrogens with zero attached hydrogens (tertiary/aromatic N) is 2. The average molecular weight is 450 g/mol. The summed E-state index contributed by atoms with van der Waals surface area (Å²) in [6.45, 7) is 1.81. The second-order valence-electron chi connectivity index (χ2n) is 5.84. The summed E-state index contributed by atoms with van der Waals surface area (Å²) in [4.78, 5) is 36.3. The van der Waals surface area contributed by atoms with Crippen molar-refractivity contribution in [2.45, 2.75) is 34.5 Å². The minimum absolute atomic E-state index is 0.0366. The molecule has 1 aromatic carbocycles. The molecule has 2 fully saturated rings. The number of rotatable bonds is 5. The Morgan fingerprint density at radius 2 is 2.12 bits per heavy atom. The van der Waals surface area contributed by atoms with Gasteiger partial charge in [-0.3, -0.25) is 14.9 Å². The Balaban J connectivity index is 1.73. The first-order chi connectivity index (χ1) is 11.8. The summed E-state index contributed by atoms with van der Waals surface area (Å²) in [6, 6.07) is 5.74. The summed E-state index contributed by atoms with van der Waals surface area (Å²) in [5.41, 5.74) is -0.615. The largest absolute Gasteiger partial charge is 0.459 e. The van der Waals surface area contributed by atoms with Gasteiger partial charge in [-0.25, -0.2) is 4.79 Å². The molecule has 0 aliphatic carbocycles. The van der Waals surface area contributed by atoms with Gasteiger partial charge in [0.25, 0.3) is 5.69 Å². The van der Waals surface area contributed by atoms with E-state index in [1.807, 2.05) is 6.92 Å². The van der Waals surface area contributed by atoms with Crippen LogP contribution in [0.1, 0.15) is 12.5 Å². The molecule has 0 spiro atoms. The maximum Gasteiger partial charge on any atom is 0.334 e. The van der Waals surface area contributed by atoms with E-state index in [-0.39, 0.29) is 39.5 Å². The molecule has 1 aromatic rings. The molecule has 0 aromatic heterocycles. The highest BCUT2D eigenvalue weighted by molar-refractivity contribution is 9.10. The van der Waals surface area contributed by atoms with Gasteiger partial charge in [-0.1, -0.05) is 22.9 Å². The molecule has 134 valence electrons. The molecule has 10 heteroatoms. The van der Waals surface area contributed by atoms with E-state index in [2.05, 4.69) is 15.9 Å². The first-order valence-corrected chi connectivity index (χ1v) is 9.81. The van der Waals surface area contributed by atoms with Crippen LogP contribution in [-0.4, -0.2) is 48.6 Å². The number of nitro benzene ring substituents is 1. The average Bonchev–Trinajstić information content (AvgIpc) is 2.90. The van der Waals surface area contributed by atoms with Crippen molar-refractivity contribution in [2.75, 3.05) is 5.88 Å². The van der Waals surface area contributed by atoms with Crippen molar-refractivity contribution in [1.29, 1.82) is 0 Å². The second kappa shape index (κ2) is 6.77. The van der Waals surface area contributed by atoms with Crippen molar-refractivity contribution in [3.63, 3.8) is 0 Å². The fraction of sp³-hybridized carbons (Fsp3) is 0.467. The number of amides is 1. The van der Waals surface area contributed by atoms with Crippen molar-refractivity contribution in [3.8, 4) is 0 Å². The quantitative estimate of drug-likeness (QED) is 0.226. The van der Waals surface area contributed by atoms with E-state index < -0.39 is 16.4 Å². The number of benzene rings is 1. The Morgan fingerprint density at radius 3 is 2.68 bits per heavy atom. The normalized spacial score (nSPS) is 30.6. The monoisotopic (exact) mass is 448 g/mol. The number of β-lactam (4-membered cyclic amide) rings is 1. The first kappa shape index (κ1) is 18.5. The Kier molecular flexibility index (Phi) is 5.00. The molecule has 2 aliphatic rings. The van der Waals surface area contributed by atoms with Gasteiger partial charge in [0, 0.05) is 17.4 Å². The molecule has 0 saturated carbocycles. The molecule has 1 amide bonds. The number of thioether (sulfide) groups is 1. The van der Waals surface area contributed by atoms with Crippen molar-refractivity contribution in [3.05, 3.63) is 39.9 Å². The number of non-ortho nitro benzene ring substituents is 1. The zero-order chi connectivity index (χ0) is 18.4. The van der Waals surface area contributed by atoms with E-state index in [9.17, 15) is 19.7 Å². The number of esters is 1. The SMILES string of the molecule is CC1SC2C(Br)C(=O)N2C1(CCl)C(=O)OCc1ccc([N+](=O)[O-])cc1. The molecule has 4 unspecified atom stereocenters. The summed E-state index contributed by atoms with van der Waals surface area (Å²) >= 11 is 10.9. The van der Waals surface area contributed by atoms with Gasteiger partial charge in [0.15, 0.2) is 5.54 Å². The van der Waals surface area contributed by atoms with E-state index in [1.165, 1.54) is 40.9 Å². The highest BCUT2D eigenvalue weighted by Crippen LogP contribution is 2.53. The van der Waals surface area contributed by atoms with Gasteiger partial charge in [0.05, 0.1) is 10.8 Å². The van der Waals surface area contributed by atoms with Gasteiger partial charge in [0.1, 0.15) is 16.8 Å². The van der Waals surface area contributed by atoms with E-state index in [1.54, 1.807) is 0 Å². The third-order valence-corrected chi connectivity index (χ3v) is 7.71. The summed E-state index contributed by atoms with van der Waals surface area (Å²) in [5, 5.41) is 10.3. The molecule has 2 saturated heterocycles. The summed E-state index contributed by atoms with van der Waals surface area (Å²) in [5.74, 6) is -0.784. The summed E-state index contributed by atoms with van der Waals surface area (Å²) in [7, 11) is 0. The molecule has 3 rings (SSSR count). The van der Waals surface area contributed by atoms with Crippen molar-refractivity contribution in [1.82, 2.24) is 4.90 Å². The lowest BCUT2D eigenvalue weighted by atomic mass is 9.92. The maximum atomic E-state index is 12.8. The number of carbonyl (C=O) groups excluding carboxylic acids is 2. The number of hydrogen-bond acceptors (Lipinski definition) is 6. The molecular formula is C15H14BrClN2O5S. The zero-order valence-electron chi connectivity index (χ0n) is 13.1. The van der Waals surface area contributed by atoms with Gasteiger partial charge in [-0.15, -0.1) is 23.4 Å². The smallest absolute Gasteiger partial charge is 0.334 e. The highest BCUT2D eigenvalue weighted by atomic mass is 79.9. The number of alkyl halides is 2. The number of halogens is 2. The van der Waals surface area contributed by atoms with Crippen molar-refractivity contribution < 1.29 is 19.2 Å². The van der Waals surface area contributed by atoms with Gasteiger partial charge in [-0.05, 0) is 17.7 Å². The fourth-order valence-electron chi connectivity index (χ4n) is 2.98. The molecular weight excluding hydrogens is 436 g/mol. The lowest BCUT2D eigenvalue weighted by Gasteiger charge is -2.46. The maximum absolute atomic E-state index is 12.8. The van der Waals surface area contributed by atoms with Gasteiger partial charge >= 0.3 is 5.97 Å². The van der Waals surface area contributed by atoms with Crippen molar-refractivity contribution >= 4 is 56.9 Å². The molecule has 25 heavy (non-hydrogen) atoms. The van der Waals surface area contributed by atoms with Crippen LogP contribution in [0.3, 0.4) is 0 Å². The summed E-state index contributed by atoms with van der Waals surface area (Å²) in [6.07, 6.45) is 0.